The summed E-state index contributed by atoms with van der Waals surface area (Å²) in [6.07, 6.45) is 0. The highest BCUT2D eigenvalue weighted by molar-refractivity contribution is 5.98. The van der Waals surface area contributed by atoms with Crippen molar-refractivity contribution < 1.29 is 9.53 Å². The van der Waals surface area contributed by atoms with Crippen LogP contribution in [-0.2, 0) is 11.3 Å². The Labute approximate surface area is 63.8 Å². The van der Waals surface area contributed by atoms with E-state index in [1.807, 2.05) is 12.1 Å². The minimum atomic E-state index is -0.307. The van der Waals surface area contributed by atoms with Crippen molar-refractivity contribution in [1.82, 2.24) is 0 Å². The van der Waals surface area contributed by atoms with Crippen molar-refractivity contribution >= 4 is 11.7 Å². The van der Waals surface area contributed by atoms with E-state index in [-0.39, 0.29) is 5.97 Å². The van der Waals surface area contributed by atoms with Crippen molar-refractivity contribution in [3.63, 3.8) is 0 Å². The summed E-state index contributed by atoms with van der Waals surface area (Å²) < 4.78 is 4.79. The van der Waals surface area contributed by atoms with Gasteiger partial charge in [0.1, 0.15) is 6.61 Å². The van der Waals surface area contributed by atoms with Gasteiger partial charge in [0.25, 0.3) is 0 Å². The van der Waals surface area contributed by atoms with Gasteiger partial charge in [0.05, 0.1) is 5.56 Å². The molecule has 0 radical (unpaired) electrons. The van der Waals surface area contributed by atoms with E-state index >= 15 is 0 Å². The van der Waals surface area contributed by atoms with Gasteiger partial charge in [-0.3, -0.25) is 0 Å². The van der Waals surface area contributed by atoms with Crippen LogP contribution in [-0.4, -0.2) is 5.97 Å². The summed E-state index contributed by atoms with van der Waals surface area (Å²) in [6.45, 7) is 0.360. The van der Waals surface area contributed by atoms with Crippen LogP contribution in [0.3, 0.4) is 0 Å². The van der Waals surface area contributed by atoms with Crippen LogP contribution >= 0.6 is 0 Å². The molecule has 2 rings (SSSR count). The first-order valence-corrected chi connectivity index (χ1v) is 3.33. The number of carbonyl (C=O) groups excluding carboxylic acids is 1. The monoisotopic (exact) mass is 149 g/mol. The zero-order valence-electron chi connectivity index (χ0n) is 5.83. The molecule has 1 aliphatic rings. The van der Waals surface area contributed by atoms with Crippen LogP contribution in [0.2, 0.25) is 0 Å². The van der Waals surface area contributed by atoms with E-state index in [1.54, 1.807) is 6.07 Å². The van der Waals surface area contributed by atoms with Gasteiger partial charge < -0.3 is 10.5 Å². The minimum Gasteiger partial charge on any atom is -0.457 e. The molecule has 0 saturated carbocycles. The predicted molar refractivity (Wildman–Crippen MR) is 40.0 cm³/mol. The number of nitrogens with two attached hydrogens (primary N) is 1. The molecule has 1 aromatic rings. The molecule has 0 amide bonds. The number of rotatable bonds is 0. The number of esters is 1. The highest BCUT2D eigenvalue weighted by atomic mass is 16.5. The average Bonchev–Trinajstić information content (AvgIpc) is 2.34. The second kappa shape index (κ2) is 1.99. The van der Waals surface area contributed by atoms with Crippen LogP contribution in [0.5, 0.6) is 0 Å². The molecule has 0 spiro atoms. The topological polar surface area (TPSA) is 52.3 Å². The van der Waals surface area contributed by atoms with Gasteiger partial charge in [-0.2, -0.15) is 0 Å². The first kappa shape index (κ1) is 6.22. The minimum absolute atomic E-state index is 0.307. The molecule has 0 aliphatic carbocycles. The normalized spacial score (nSPS) is 14.4. The second-order valence-electron chi connectivity index (χ2n) is 2.46. The lowest BCUT2D eigenvalue weighted by Gasteiger charge is -1.96. The quantitative estimate of drug-likeness (QED) is 0.441. The van der Waals surface area contributed by atoms with Crippen LogP contribution in [0.1, 0.15) is 15.9 Å². The standard InChI is InChI=1S/C8H7NO2/c9-6-3-1-2-5-4-11-8(10)7(5)6/h1-3H,4,9H2. The number of nitrogen functional groups attached to an aromatic ring is 1. The number of benzene rings is 1. The number of cyclic esters (lactones) is 1. The molecule has 1 aromatic carbocycles. The summed E-state index contributed by atoms with van der Waals surface area (Å²) in [5, 5.41) is 0. The van der Waals surface area contributed by atoms with Crippen LogP contribution in [0.15, 0.2) is 18.2 Å². The van der Waals surface area contributed by atoms with Crippen molar-refractivity contribution in [2.24, 2.45) is 0 Å². The first-order valence-electron chi connectivity index (χ1n) is 3.33. The number of carbonyl (C=O) groups is 1. The zero-order valence-corrected chi connectivity index (χ0v) is 5.83. The van der Waals surface area contributed by atoms with Gasteiger partial charge in [-0.25, -0.2) is 4.79 Å². The SMILES string of the molecule is Nc1cccc2c1C(=O)OC2. The fraction of sp³-hybridized carbons (Fsp3) is 0.125. The summed E-state index contributed by atoms with van der Waals surface area (Å²) in [5.41, 5.74) is 7.49. The Morgan fingerprint density at radius 3 is 3.00 bits per heavy atom. The molecule has 0 unspecified atom stereocenters. The molecule has 2 N–H and O–H groups in total. The van der Waals surface area contributed by atoms with E-state index in [2.05, 4.69) is 0 Å². The molecule has 0 saturated heterocycles. The van der Waals surface area contributed by atoms with E-state index in [9.17, 15) is 4.79 Å². The number of ether oxygens (including phenoxy) is 1. The molecule has 56 valence electrons. The number of anilines is 1. The smallest absolute Gasteiger partial charge is 0.340 e. The summed E-state index contributed by atoms with van der Waals surface area (Å²) in [7, 11) is 0. The zero-order chi connectivity index (χ0) is 7.84. The Morgan fingerprint density at radius 2 is 2.27 bits per heavy atom. The van der Waals surface area contributed by atoms with E-state index in [4.69, 9.17) is 10.5 Å². The van der Waals surface area contributed by atoms with Gasteiger partial charge in [0, 0.05) is 11.3 Å². The van der Waals surface area contributed by atoms with Crippen molar-refractivity contribution in [3.05, 3.63) is 29.3 Å². The fourth-order valence-electron chi connectivity index (χ4n) is 1.20. The van der Waals surface area contributed by atoms with Gasteiger partial charge >= 0.3 is 5.97 Å². The van der Waals surface area contributed by atoms with E-state index in [0.717, 1.165) is 5.56 Å². The van der Waals surface area contributed by atoms with Crippen molar-refractivity contribution in [2.75, 3.05) is 5.73 Å². The van der Waals surface area contributed by atoms with Crippen LogP contribution < -0.4 is 5.73 Å². The molecular weight excluding hydrogens is 142 g/mol. The predicted octanol–water partition coefficient (Wildman–Crippen LogP) is 0.939. The maximum Gasteiger partial charge on any atom is 0.340 e. The fourth-order valence-corrected chi connectivity index (χ4v) is 1.20. The van der Waals surface area contributed by atoms with Crippen LogP contribution in [0.25, 0.3) is 0 Å². The van der Waals surface area contributed by atoms with Crippen LogP contribution in [0, 0.1) is 0 Å². The number of fused-ring (bicyclic) bond motifs is 1. The van der Waals surface area contributed by atoms with Crippen molar-refractivity contribution in [2.45, 2.75) is 6.61 Å². The van der Waals surface area contributed by atoms with Gasteiger partial charge in [-0.15, -0.1) is 0 Å². The largest absolute Gasteiger partial charge is 0.457 e. The highest BCUT2D eigenvalue weighted by Crippen LogP contribution is 2.24. The highest BCUT2D eigenvalue weighted by Gasteiger charge is 2.22. The maximum atomic E-state index is 11.0. The molecule has 0 atom stereocenters. The Bertz CT molecular complexity index is 320. The Kier molecular flexibility index (Phi) is 1.12. The number of hydrogen-bond donors (Lipinski definition) is 1. The third kappa shape index (κ3) is 0.774. The Hall–Kier alpha value is -1.51. The molecule has 3 nitrogen and oxygen atoms in total. The van der Waals surface area contributed by atoms with Crippen molar-refractivity contribution in [3.8, 4) is 0 Å². The second-order valence-corrected chi connectivity index (χ2v) is 2.46. The molecule has 3 heteroatoms. The summed E-state index contributed by atoms with van der Waals surface area (Å²) >= 11 is 0. The summed E-state index contributed by atoms with van der Waals surface area (Å²) in [6, 6.07) is 5.36. The van der Waals surface area contributed by atoms with Crippen LogP contribution in [0.4, 0.5) is 5.69 Å². The Balaban J connectivity index is 2.68. The lowest BCUT2D eigenvalue weighted by Crippen LogP contribution is -1.99. The van der Waals surface area contributed by atoms with Crippen molar-refractivity contribution in [1.29, 1.82) is 0 Å². The van der Waals surface area contributed by atoms with E-state index in [0.29, 0.717) is 17.9 Å². The molecule has 1 heterocycles. The molecule has 1 aliphatic heterocycles. The number of hydrogen-bond acceptors (Lipinski definition) is 3. The molecular formula is C8H7NO2. The van der Waals surface area contributed by atoms with E-state index in [1.165, 1.54) is 0 Å². The first-order chi connectivity index (χ1) is 5.29. The molecule has 0 fully saturated rings. The third-order valence-electron chi connectivity index (χ3n) is 1.75. The molecule has 11 heavy (non-hydrogen) atoms. The maximum absolute atomic E-state index is 11.0. The summed E-state index contributed by atoms with van der Waals surface area (Å²) in [4.78, 5) is 11.0. The lowest BCUT2D eigenvalue weighted by atomic mass is 10.1. The van der Waals surface area contributed by atoms with Gasteiger partial charge in [0.15, 0.2) is 0 Å². The molecule has 0 aromatic heterocycles. The summed E-state index contributed by atoms with van der Waals surface area (Å²) in [5.74, 6) is -0.307. The average molecular weight is 149 g/mol. The van der Waals surface area contributed by atoms with E-state index < -0.39 is 0 Å². The Morgan fingerprint density at radius 1 is 1.45 bits per heavy atom. The van der Waals surface area contributed by atoms with Gasteiger partial charge in [-0.1, -0.05) is 12.1 Å². The lowest BCUT2D eigenvalue weighted by molar-refractivity contribution is 0.0536. The van der Waals surface area contributed by atoms with Gasteiger partial charge in [0.2, 0.25) is 0 Å². The third-order valence-corrected chi connectivity index (χ3v) is 1.75. The molecule has 0 bridgehead atoms. The van der Waals surface area contributed by atoms with Gasteiger partial charge in [-0.05, 0) is 6.07 Å².